The number of carboxylic acids is 1. The van der Waals surface area contributed by atoms with Gasteiger partial charge < -0.3 is 33.6 Å². The highest BCUT2D eigenvalue weighted by Gasteiger charge is 2.28. The van der Waals surface area contributed by atoms with E-state index >= 15 is 0 Å². The Morgan fingerprint density at radius 1 is 1.07 bits per heavy atom. The molecule has 0 bridgehead atoms. The Kier molecular flexibility index (Phi) is 5.63. The number of hydrogen-bond acceptors (Lipinski definition) is 8. The maximum Gasteiger partial charge on any atom is 0.231 e. The Morgan fingerprint density at radius 3 is 2.28 bits per heavy atom. The summed E-state index contributed by atoms with van der Waals surface area (Å²) in [5, 5.41) is 10.8. The lowest BCUT2D eigenvalue weighted by molar-refractivity contribution is -0.312. The molecule has 0 fully saturated rings. The lowest BCUT2D eigenvalue weighted by Gasteiger charge is -2.15. The molecule has 2 aromatic carbocycles. The summed E-state index contributed by atoms with van der Waals surface area (Å²) in [5.41, 5.74) is 0.954. The Labute approximate surface area is 167 Å². The van der Waals surface area contributed by atoms with E-state index in [4.69, 9.17) is 23.7 Å². The molecule has 0 amide bonds. The van der Waals surface area contributed by atoms with Crippen molar-refractivity contribution in [2.75, 3.05) is 21.3 Å². The maximum absolute atomic E-state index is 12.6. The van der Waals surface area contributed by atoms with E-state index in [0.717, 1.165) is 0 Å². The van der Waals surface area contributed by atoms with Crippen molar-refractivity contribution >= 4 is 17.8 Å². The fourth-order valence-electron chi connectivity index (χ4n) is 2.83. The standard InChI is InChI=1S/C21H20O8/c1-11(21(23)24)28-13-5-6-14-15(10-13)29-16(19(14)22)7-12-8-17(25-2)20(27-4)18(9-12)26-3/h5-11H,1-4H3,(H,23,24)/p-1/t11-/m1/s1. The van der Waals surface area contributed by atoms with Gasteiger partial charge in [0.1, 0.15) is 17.6 Å². The SMILES string of the molecule is COc1cc(C=C2Oc3cc(O[C@H](C)C(=O)[O-])ccc3C2=O)cc(OC)c1OC. The van der Waals surface area contributed by atoms with Crippen LogP contribution >= 0.6 is 0 Å². The maximum atomic E-state index is 12.6. The number of fused-ring (bicyclic) bond motifs is 1. The number of allylic oxidation sites excluding steroid dienone is 1. The second kappa shape index (κ2) is 8.14. The van der Waals surface area contributed by atoms with Gasteiger partial charge in [0, 0.05) is 6.07 Å². The minimum atomic E-state index is -1.34. The van der Waals surface area contributed by atoms with Gasteiger partial charge in [-0.2, -0.15) is 0 Å². The third-order valence-electron chi connectivity index (χ3n) is 4.27. The fraction of sp³-hybridized carbons (Fsp3) is 0.238. The van der Waals surface area contributed by atoms with Gasteiger partial charge in [-0.1, -0.05) is 0 Å². The molecule has 0 unspecified atom stereocenters. The monoisotopic (exact) mass is 399 g/mol. The van der Waals surface area contributed by atoms with Crippen molar-refractivity contribution in [1.29, 1.82) is 0 Å². The van der Waals surface area contributed by atoms with E-state index < -0.39 is 12.1 Å². The van der Waals surface area contributed by atoms with Crippen molar-refractivity contribution in [2.24, 2.45) is 0 Å². The number of rotatable bonds is 7. The van der Waals surface area contributed by atoms with Crippen LogP contribution in [0.1, 0.15) is 22.8 Å². The van der Waals surface area contributed by atoms with E-state index in [1.165, 1.54) is 46.5 Å². The molecular formula is C21H19O8-. The molecule has 0 N–H and O–H groups in total. The Morgan fingerprint density at radius 2 is 1.72 bits per heavy atom. The van der Waals surface area contributed by atoms with Crippen LogP contribution < -0.4 is 28.8 Å². The molecule has 1 atom stereocenters. The summed E-state index contributed by atoms with van der Waals surface area (Å²) in [6.45, 7) is 1.35. The highest BCUT2D eigenvalue weighted by atomic mass is 16.5. The summed E-state index contributed by atoms with van der Waals surface area (Å²) >= 11 is 0. The molecule has 8 nitrogen and oxygen atoms in total. The van der Waals surface area contributed by atoms with Gasteiger partial charge in [0.25, 0.3) is 0 Å². The van der Waals surface area contributed by atoms with Gasteiger partial charge in [0.15, 0.2) is 17.3 Å². The van der Waals surface area contributed by atoms with Crippen LogP contribution in [-0.4, -0.2) is 39.2 Å². The minimum absolute atomic E-state index is 0.0966. The van der Waals surface area contributed by atoms with Crippen LogP contribution in [0.5, 0.6) is 28.7 Å². The average Bonchev–Trinajstić information content (AvgIpc) is 3.01. The first-order valence-corrected chi connectivity index (χ1v) is 8.63. The molecule has 152 valence electrons. The van der Waals surface area contributed by atoms with E-state index in [1.807, 2.05) is 0 Å². The van der Waals surface area contributed by atoms with E-state index in [2.05, 4.69) is 0 Å². The van der Waals surface area contributed by atoms with Gasteiger partial charge in [0.05, 0.1) is 32.9 Å². The van der Waals surface area contributed by atoms with Crippen LogP contribution in [0.25, 0.3) is 6.08 Å². The number of ether oxygens (including phenoxy) is 5. The number of methoxy groups -OCH3 is 3. The molecule has 3 rings (SSSR count). The van der Waals surface area contributed by atoms with E-state index in [9.17, 15) is 14.7 Å². The second-order valence-electron chi connectivity index (χ2n) is 6.14. The molecule has 0 saturated carbocycles. The van der Waals surface area contributed by atoms with Gasteiger partial charge in [-0.3, -0.25) is 4.79 Å². The summed E-state index contributed by atoms with van der Waals surface area (Å²) < 4.78 is 26.8. The zero-order valence-corrected chi connectivity index (χ0v) is 16.3. The zero-order valence-electron chi connectivity index (χ0n) is 16.3. The van der Waals surface area contributed by atoms with E-state index in [-0.39, 0.29) is 23.0 Å². The molecule has 1 aliphatic heterocycles. The molecule has 8 heteroatoms. The van der Waals surface area contributed by atoms with Crippen LogP contribution in [0.15, 0.2) is 36.1 Å². The molecule has 1 aliphatic rings. The van der Waals surface area contributed by atoms with Crippen LogP contribution in [0, 0.1) is 0 Å². The number of ketones is 1. The summed E-state index contributed by atoms with van der Waals surface area (Å²) in [6, 6.07) is 7.85. The minimum Gasteiger partial charge on any atom is -0.546 e. The lowest BCUT2D eigenvalue weighted by Crippen LogP contribution is -2.37. The van der Waals surface area contributed by atoms with Gasteiger partial charge >= 0.3 is 0 Å². The van der Waals surface area contributed by atoms with Crippen molar-refractivity contribution < 1.29 is 38.4 Å². The molecule has 0 radical (unpaired) electrons. The number of hydrogen-bond donors (Lipinski definition) is 0. The molecule has 0 aliphatic carbocycles. The summed E-state index contributed by atoms with van der Waals surface area (Å²) in [5.74, 6) is 0.280. The summed E-state index contributed by atoms with van der Waals surface area (Å²) in [7, 11) is 4.49. The van der Waals surface area contributed by atoms with Gasteiger partial charge in [0.2, 0.25) is 11.5 Å². The number of Topliss-reactive ketones (excluding diaryl/α,β-unsaturated/α-hetero) is 1. The fourth-order valence-corrected chi connectivity index (χ4v) is 2.83. The number of aliphatic carboxylic acids is 1. The first-order valence-electron chi connectivity index (χ1n) is 8.63. The molecule has 1 heterocycles. The lowest BCUT2D eigenvalue weighted by atomic mass is 10.1. The summed E-state index contributed by atoms with van der Waals surface area (Å²) in [6.07, 6.45) is 0.413. The highest BCUT2D eigenvalue weighted by Crippen LogP contribution is 2.40. The average molecular weight is 399 g/mol. The quantitative estimate of drug-likeness (QED) is 0.650. The van der Waals surface area contributed by atoms with E-state index in [1.54, 1.807) is 18.2 Å². The van der Waals surface area contributed by atoms with Crippen molar-refractivity contribution in [3.8, 4) is 28.7 Å². The highest BCUT2D eigenvalue weighted by molar-refractivity contribution is 6.14. The molecule has 0 aromatic heterocycles. The Bertz CT molecular complexity index is 967. The smallest absolute Gasteiger partial charge is 0.231 e. The van der Waals surface area contributed by atoms with Crippen LogP contribution in [0.4, 0.5) is 0 Å². The third kappa shape index (κ3) is 3.96. The number of benzene rings is 2. The Balaban J connectivity index is 1.91. The molecule has 0 spiro atoms. The predicted octanol–water partition coefficient (Wildman–Crippen LogP) is 1.85. The number of carbonyl (C=O) groups is 2. The first-order chi connectivity index (χ1) is 13.9. The number of carboxylic acid groups (broad SMARTS) is 1. The van der Waals surface area contributed by atoms with E-state index in [0.29, 0.717) is 28.4 Å². The predicted molar refractivity (Wildman–Crippen MR) is 101 cm³/mol. The van der Waals surface area contributed by atoms with Gasteiger partial charge in [-0.05, 0) is 42.8 Å². The summed E-state index contributed by atoms with van der Waals surface area (Å²) in [4.78, 5) is 23.5. The topological polar surface area (TPSA) is 103 Å². The first kappa shape index (κ1) is 20.1. The second-order valence-corrected chi connectivity index (χ2v) is 6.14. The van der Waals surface area contributed by atoms with Crippen molar-refractivity contribution in [3.05, 3.63) is 47.2 Å². The van der Waals surface area contributed by atoms with Crippen LogP contribution in [0.2, 0.25) is 0 Å². The van der Waals surface area contributed by atoms with Crippen LogP contribution in [-0.2, 0) is 4.79 Å². The van der Waals surface area contributed by atoms with Crippen molar-refractivity contribution in [2.45, 2.75) is 13.0 Å². The third-order valence-corrected chi connectivity index (χ3v) is 4.27. The van der Waals surface area contributed by atoms with Crippen molar-refractivity contribution in [1.82, 2.24) is 0 Å². The molecular weight excluding hydrogens is 380 g/mol. The Hall–Kier alpha value is -3.68. The van der Waals surface area contributed by atoms with Gasteiger partial charge in [-0.15, -0.1) is 0 Å². The number of carbonyl (C=O) groups excluding carboxylic acids is 2. The largest absolute Gasteiger partial charge is 0.546 e. The van der Waals surface area contributed by atoms with Gasteiger partial charge in [-0.25, -0.2) is 0 Å². The zero-order chi connectivity index (χ0) is 21.1. The van der Waals surface area contributed by atoms with Crippen molar-refractivity contribution in [3.63, 3.8) is 0 Å². The molecule has 29 heavy (non-hydrogen) atoms. The van der Waals surface area contributed by atoms with Crippen LogP contribution in [0.3, 0.4) is 0 Å². The normalized spacial score (nSPS) is 14.8. The molecule has 2 aromatic rings. The molecule has 0 saturated heterocycles.